The van der Waals surface area contributed by atoms with Crippen LogP contribution in [0.15, 0.2) is 0 Å². The molecule has 0 radical (unpaired) electrons. The van der Waals surface area contributed by atoms with E-state index in [-0.39, 0.29) is 18.9 Å². The lowest BCUT2D eigenvalue weighted by atomic mass is 9.77. The van der Waals surface area contributed by atoms with Crippen molar-refractivity contribution in [1.82, 2.24) is 0 Å². The van der Waals surface area contributed by atoms with Gasteiger partial charge in [-0.05, 0) is 40.0 Å². The molecule has 5 nitrogen and oxygen atoms in total. The Morgan fingerprint density at radius 2 is 1.84 bits per heavy atom. The molecule has 1 saturated carbocycles. The van der Waals surface area contributed by atoms with Gasteiger partial charge in [-0.2, -0.15) is 0 Å². The third-order valence-electron chi connectivity index (χ3n) is 3.68. The van der Waals surface area contributed by atoms with E-state index < -0.39 is 22.9 Å². The average molecular weight is 271 g/mol. The molecule has 0 aliphatic heterocycles. The second kappa shape index (κ2) is 5.90. The molecule has 5 heteroatoms. The van der Waals surface area contributed by atoms with Crippen LogP contribution in [0.25, 0.3) is 0 Å². The summed E-state index contributed by atoms with van der Waals surface area (Å²) < 4.78 is 5.31. The number of rotatable bonds is 5. The van der Waals surface area contributed by atoms with Crippen molar-refractivity contribution in [3.05, 3.63) is 0 Å². The Balaban J connectivity index is 2.75. The molecule has 1 fully saturated rings. The van der Waals surface area contributed by atoms with E-state index >= 15 is 0 Å². The summed E-state index contributed by atoms with van der Waals surface area (Å²) in [5, 5.41) is 9.43. The lowest BCUT2D eigenvalue weighted by Gasteiger charge is -2.29. The summed E-state index contributed by atoms with van der Waals surface area (Å²) in [6.45, 7) is 5.51. The molecular formula is C14H25NO4. The van der Waals surface area contributed by atoms with Gasteiger partial charge in [0.2, 0.25) is 0 Å². The first-order valence-electron chi connectivity index (χ1n) is 6.86. The molecule has 0 unspecified atom stereocenters. The summed E-state index contributed by atoms with van der Waals surface area (Å²) in [6.07, 6.45) is 3.34. The molecule has 3 N–H and O–H groups in total. The van der Waals surface area contributed by atoms with Crippen molar-refractivity contribution in [1.29, 1.82) is 0 Å². The molecule has 1 rings (SSSR count). The number of hydrogen-bond acceptors (Lipinski definition) is 4. The van der Waals surface area contributed by atoms with Gasteiger partial charge in [-0.25, -0.2) is 0 Å². The second-order valence-electron chi connectivity index (χ2n) is 6.46. The fourth-order valence-corrected chi connectivity index (χ4v) is 2.68. The van der Waals surface area contributed by atoms with Crippen molar-refractivity contribution in [2.45, 2.75) is 58.5 Å². The van der Waals surface area contributed by atoms with Crippen LogP contribution in [0, 0.1) is 11.3 Å². The van der Waals surface area contributed by atoms with Gasteiger partial charge in [0.05, 0.1) is 11.3 Å². The maximum atomic E-state index is 12.0. The second-order valence-corrected chi connectivity index (χ2v) is 6.46. The molecule has 0 aromatic carbocycles. The minimum absolute atomic E-state index is 0.129. The molecule has 110 valence electrons. The number of hydrogen-bond donors (Lipinski definition) is 2. The molecule has 0 aromatic heterocycles. The molecule has 0 spiro atoms. The van der Waals surface area contributed by atoms with Crippen molar-refractivity contribution in [2.24, 2.45) is 17.1 Å². The number of carboxylic acid groups (broad SMARTS) is 1. The fourth-order valence-electron chi connectivity index (χ4n) is 2.68. The molecule has 19 heavy (non-hydrogen) atoms. The highest BCUT2D eigenvalue weighted by molar-refractivity contribution is 5.78. The Kier molecular flexibility index (Phi) is 4.96. The lowest BCUT2D eigenvalue weighted by Crippen LogP contribution is -2.38. The maximum Gasteiger partial charge on any atom is 0.310 e. The molecule has 0 saturated heterocycles. The monoisotopic (exact) mass is 271 g/mol. The molecular weight excluding hydrogens is 246 g/mol. The van der Waals surface area contributed by atoms with Gasteiger partial charge in [-0.3, -0.25) is 9.59 Å². The van der Waals surface area contributed by atoms with Crippen LogP contribution in [0.2, 0.25) is 0 Å². The normalized spacial score (nSPS) is 20.0. The van der Waals surface area contributed by atoms with E-state index in [1.165, 1.54) is 0 Å². The number of ether oxygens (including phenoxy) is 1. The van der Waals surface area contributed by atoms with E-state index in [4.69, 9.17) is 10.5 Å². The zero-order chi connectivity index (χ0) is 14.7. The van der Waals surface area contributed by atoms with Crippen molar-refractivity contribution in [3.63, 3.8) is 0 Å². The van der Waals surface area contributed by atoms with Crippen LogP contribution in [-0.4, -0.2) is 29.2 Å². The van der Waals surface area contributed by atoms with Crippen LogP contribution in [0.3, 0.4) is 0 Å². The van der Waals surface area contributed by atoms with Crippen molar-refractivity contribution in [3.8, 4) is 0 Å². The highest BCUT2D eigenvalue weighted by atomic mass is 16.6. The van der Waals surface area contributed by atoms with E-state index in [0.29, 0.717) is 12.8 Å². The number of carbonyl (C=O) groups is 2. The Labute approximate surface area is 114 Å². The lowest BCUT2D eigenvalue weighted by molar-refractivity contribution is -0.162. The minimum atomic E-state index is -0.813. The van der Waals surface area contributed by atoms with Gasteiger partial charge in [0, 0.05) is 6.54 Å². The zero-order valence-electron chi connectivity index (χ0n) is 12.1. The van der Waals surface area contributed by atoms with Gasteiger partial charge in [-0.15, -0.1) is 0 Å². The predicted octanol–water partition coefficient (Wildman–Crippen LogP) is 1.94. The van der Waals surface area contributed by atoms with Crippen LogP contribution in [-0.2, 0) is 14.3 Å². The first-order valence-corrected chi connectivity index (χ1v) is 6.86. The van der Waals surface area contributed by atoms with E-state index in [1.54, 1.807) is 20.8 Å². The third-order valence-corrected chi connectivity index (χ3v) is 3.68. The van der Waals surface area contributed by atoms with Gasteiger partial charge < -0.3 is 15.6 Å². The topological polar surface area (TPSA) is 89.6 Å². The highest BCUT2D eigenvalue weighted by Gasteiger charge is 2.44. The first kappa shape index (κ1) is 16.0. The summed E-state index contributed by atoms with van der Waals surface area (Å²) in [5.41, 5.74) is 4.27. The van der Waals surface area contributed by atoms with E-state index in [9.17, 15) is 14.7 Å². The van der Waals surface area contributed by atoms with Crippen LogP contribution in [0.5, 0.6) is 0 Å². The smallest absolute Gasteiger partial charge is 0.310 e. The van der Waals surface area contributed by atoms with Gasteiger partial charge in [0.1, 0.15) is 5.60 Å². The number of esters is 1. The van der Waals surface area contributed by atoms with Gasteiger partial charge in [0.15, 0.2) is 0 Å². The number of aliphatic carboxylic acids is 1. The maximum absolute atomic E-state index is 12.0. The van der Waals surface area contributed by atoms with Crippen LogP contribution >= 0.6 is 0 Å². The molecule has 0 aromatic rings. The van der Waals surface area contributed by atoms with Crippen LogP contribution in [0.1, 0.15) is 52.9 Å². The number of carbonyl (C=O) groups excluding carboxylic acids is 1. The van der Waals surface area contributed by atoms with Crippen molar-refractivity contribution < 1.29 is 19.4 Å². The largest absolute Gasteiger partial charge is 0.481 e. The number of carboxylic acids is 1. The third kappa shape index (κ3) is 4.20. The highest BCUT2D eigenvalue weighted by Crippen LogP contribution is 2.43. The summed E-state index contributed by atoms with van der Waals surface area (Å²) in [6, 6.07) is 0. The van der Waals surface area contributed by atoms with Crippen LogP contribution < -0.4 is 5.73 Å². The van der Waals surface area contributed by atoms with E-state index in [1.807, 2.05) is 0 Å². The fraction of sp³-hybridized carbons (Fsp3) is 0.857. The average Bonchev–Trinajstić information content (AvgIpc) is 2.73. The first-order chi connectivity index (χ1) is 8.70. The van der Waals surface area contributed by atoms with Crippen LogP contribution in [0.4, 0.5) is 0 Å². The molecule has 0 bridgehead atoms. The SMILES string of the molecule is CC(C)(C)OC(=O)[C@H](CN)CC1(C(=O)O)CCCC1. The zero-order valence-corrected chi connectivity index (χ0v) is 12.1. The predicted molar refractivity (Wildman–Crippen MR) is 71.5 cm³/mol. The Morgan fingerprint density at radius 3 is 2.21 bits per heavy atom. The Hall–Kier alpha value is -1.10. The van der Waals surface area contributed by atoms with Gasteiger partial charge in [-0.1, -0.05) is 12.8 Å². The van der Waals surface area contributed by atoms with E-state index in [2.05, 4.69) is 0 Å². The van der Waals surface area contributed by atoms with E-state index in [0.717, 1.165) is 12.8 Å². The van der Waals surface area contributed by atoms with Crippen molar-refractivity contribution >= 4 is 11.9 Å². The molecule has 1 aliphatic rings. The minimum Gasteiger partial charge on any atom is -0.481 e. The Bertz CT molecular complexity index is 340. The van der Waals surface area contributed by atoms with Crippen molar-refractivity contribution in [2.75, 3.05) is 6.54 Å². The van der Waals surface area contributed by atoms with Gasteiger partial charge in [0.25, 0.3) is 0 Å². The standard InChI is InChI=1S/C14H25NO4/c1-13(2,3)19-11(16)10(9-15)8-14(12(17)18)6-4-5-7-14/h10H,4-9,15H2,1-3H3,(H,17,18)/t10-/m0/s1. The quantitative estimate of drug-likeness (QED) is 0.746. The summed E-state index contributed by atoms with van der Waals surface area (Å²) in [4.78, 5) is 23.5. The number of nitrogens with two attached hydrogens (primary N) is 1. The molecule has 1 aliphatic carbocycles. The molecule has 0 amide bonds. The summed E-state index contributed by atoms with van der Waals surface area (Å²) >= 11 is 0. The summed E-state index contributed by atoms with van der Waals surface area (Å²) in [7, 11) is 0. The van der Waals surface area contributed by atoms with Gasteiger partial charge >= 0.3 is 11.9 Å². The summed E-state index contributed by atoms with van der Waals surface area (Å²) in [5.74, 6) is -1.73. The Morgan fingerprint density at radius 1 is 1.32 bits per heavy atom. The molecule has 1 atom stereocenters. The molecule has 0 heterocycles.